The van der Waals surface area contributed by atoms with Crippen LogP contribution in [0.3, 0.4) is 0 Å². The minimum atomic E-state index is -3.73. The number of fused-ring (bicyclic) bond motifs is 1. The molecule has 0 aliphatic rings. The molecule has 3 N–H and O–H groups in total. The van der Waals surface area contributed by atoms with Gasteiger partial charge < -0.3 is 9.84 Å². The molecular formula is C17H17N3O4S. The lowest BCUT2D eigenvalue weighted by atomic mass is 10.1. The van der Waals surface area contributed by atoms with Crippen molar-refractivity contribution in [2.24, 2.45) is 5.14 Å². The number of sulfonamides is 1. The summed E-state index contributed by atoms with van der Waals surface area (Å²) in [6, 6.07) is 13.1. The van der Waals surface area contributed by atoms with Crippen LogP contribution in [-0.4, -0.2) is 19.5 Å². The third-order valence-corrected chi connectivity index (χ3v) is 4.80. The first kappa shape index (κ1) is 17.1. The molecule has 25 heavy (non-hydrogen) atoms. The van der Waals surface area contributed by atoms with Gasteiger partial charge in [-0.25, -0.2) is 13.6 Å². The number of primary sulfonamides is 1. The zero-order chi connectivity index (χ0) is 18.0. The zero-order valence-corrected chi connectivity index (χ0v) is 14.3. The van der Waals surface area contributed by atoms with Crippen molar-refractivity contribution in [3.63, 3.8) is 0 Å². The van der Waals surface area contributed by atoms with E-state index in [9.17, 15) is 13.2 Å². The van der Waals surface area contributed by atoms with Crippen molar-refractivity contribution in [3.05, 3.63) is 59.8 Å². The second kappa shape index (κ2) is 6.66. The molecule has 3 rings (SSSR count). The number of rotatable bonds is 5. The lowest BCUT2D eigenvalue weighted by Crippen LogP contribution is -2.28. The van der Waals surface area contributed by atoms with Gasteiger partial charge in [-0.2, -0.15) is 0 Å². The first-order valence-corrected chi connectivity index (χ1v) is 9.14. The summed E-state index contributed by atoms with van der Waals surface area (Å²) in [7, 11) is -3.73. The molecule has 3 aromatic rings. The third-order valence-electron chi connectivity index (χ3n) is 3.87. The Morgan fingerprint density at radius 3 is 2.56 bits per heavy atom. The molecule has 0 saturated heterocycles. The van der Waals surface area contributed by atoms with Crippen LogP contribution >= 0.6 is 0 Å². The summed E-state index contributed by atoms with van der Waals surface area (Å²) >= 11 is 0. The second-order valence-electron chi connectivity index (χ2n) is 5.71. The average Bonchev–Trinajstić information content (AvgIpc) is 2.97. The highest BCUT2D eigenvalue weighted by Gasteiger charge is 2.15. The van der Waals surface area contributed by atoms with E-state index in [1.54, 1.807) is 18.2 Å². The fourth-order valence-electron chi connectivity index (χ4n) is 2.54. The zero-order valence-electron chi connectivity index (χ0n) is 13.5. The molecule has 1 amide bonds. The largest absolute Gasteiger partial charge is 0.356 e. The predicted molar refractivity (Wildman–Crippen MR) is 92.1 cm³/mol. The van der Waals surface area contributed by atoms with E-state index in [4.69, 9.17) is 9.66 Å². The number of benzene rings is 2. The Morgan fingerprint density at radius 2 is 1.88 bits per heavy atom. The van der Waals surface area contributed by atoms with E-state index in [1.807, 2.05) is 25.1 Å². The van der Waals surface area contributed by atoms with Crippen LogP contribution < -0.4 is 10.5 Å². The molecule has 8 heteroatoms. The molecule has 2 aromatic carbocycles. The molecule has 1 aromatic heterocycles. The Labute approximate surface area is 144 Å². The van der Waals surface area contributed by atoms with Crippen LogP contribution in [0, 0.1) is 0 Å². The van der Waals surface area contributed by atoms with Crippen LogP contribution in [0.1, 0.15) is 24.2 Å². The van der Waals surface area contributed by atoms with Gasteiger partial charge in [0.15, 0.2) is 5.58 Å². The number of carbonyl (C=O) groups is 1. The summed E-state index contributed by atoms with van der Waals surface area (Å²) in [6.45, 7) is 1.81. The van der Waals surface area contributed by atoms with Crippen LogP contribution in [0.4, 0.5) is 0 Å². The molecule has 0 saturated carbocycles. The second-order valence-corrected chi connectivity index (χ2v) is 7.27. The Hall–Kier alpha value is -2.71. The molecule has 0 aliphatic carbocycles. The van der Waals surface area contributed by atoms with Crippen molar-refractivity contribution in [1.82, 2.24) is 10.5 Å². The van der Waals surface area contributed by atoms with E-state index in [1.165, 1.54) is 12.1 Å². The van der Waals surface area contributed by atoms with Crippen LogP contribution in [-0.2, 0) is 21.2 Å². The number of aromatic nitrogens is 1. The van der Waals surface area contributed by atoms with E-state index in [2.05, 4.69) is 10.5 Å². The Morgan fingerprint density at radius 1 is 1.20 bits per heavy atom. The minimum absolute atomic E-state index is 0.0313. The Bertz CT molecular complexity index is 1010. The lowest BCUT2D eigenvalue weighted by molar-refractivity contribution is -0.121. The summed E-state index contributed by atoms with van der Waals surface area (Å²) in [5.41, 5.74) is 1.98. The van der Waals surface area contributed by atoms with Crippen LogP contribution in [0.25, 0.3) is 11.0 Å². The Kier molecular flexibility index (Phi) is 4.56. The van der Waals surface area contributed by atoms with Gasteiger partial charge in [-0.3, -0.25) is 4.79 Å². The van der Waals surface area contributed by atoms with E-state index in [-0.39, 0.29) is 23.3 Å². The van der Waals surface area contributed by atoms with Gasteiger partial charge in [-0.05, 0) is 36.8 Å². The standard InChI is InChI=1S/C17H17N3O4S/c1-11(12-6-8-13(9-7-12)25(18,22)23)19-17(21)10-15-14-4-2-3-5-16(14)24-20-15/h2-9,11H,10H2,1H3,(H,19,21)(H2,18,22,23). The summed E-state index contributed by atoms with van der Waals surface area (Å²) < 4.78 is 27.7. The number of nitrogens with two attached hydrogens (primary N) is 1. The summed E-state index contributed by atoms with van der Waals surface area (Å²) in [5, 5.41) is 12.7. The summed E-state index contributed by atoms with van der Waals surface area (Å²) in [4.78, 5) is 12.3. The monoisotopic (exact) mass is 359 g/mol. The molecule has 0 radical (unpaired) electrons. The number of amides is 1. The first-order valence-electron chi connectivity index (χ1n) is 7.60. The molecule has 1 unspecified atom stereocenters. The SMILES string of the molecule is CC(NC(=O)Cc1noc2ccccc12)c1ccc(S(N)(=O)=O)cc1. The van der Waals surface area contributed by atoms with Gasteiger partial charge in [0.25, 0.3) is 0 Å². The summed E-state index contributed by atoms with van der Waals surface area (Å²) in [6.07, 6.45) is 0.0939. The maximum Gasteiger partial charge on any atom is 0.238 e. The molecule has 1 atom stereocenters. The molecule has 1 heterocycles. The number of nitrogens with one attached hydrogen (secondary N) is 1. The fourth-order valence-corrected chi connectivity index (χ4v) is 3.06. The molecule has 0 fully saturated rings. The average molecular weight is 359 g/mol. The van der Waals surface area contributed by atoms with Crippen LogP contribution in [0.5, 0.6) is 0 Å². The fraction of sp³-hybridized carbons (Fsp3) is 0.176. The van der Waals surface area contributed by atoms with E-state index >= 15 is 0 Å². The van der Waals surface area contributed by atoms with Crippen molar-refractivity contribution in [2.75, 3.05) is 0 Å². The van der Waals surface area contributed by atoms with Crippen molar-refractivity contribution in [1.29, 1.82) is 0 Å². The molecular weight excluding hydrogens is 342 g/mol. The molecule has 0 bridgehead atoms. The van der Waals surface area contributed by atoms with Crippen molar-refractivity contribution < 1.29 is 17.7 Å². The maximum atomic E-state index is 12.3. The maximum absolute atomic E-state index is 12.3. The first-order chi connectivity index (χ1) is 11.8. The van der Waals surface area contributed by atoms with Gasteiger partial charge in [-0.1, -0.05) is 29.4 Å². The molecule has 0 aliphatic heterocycles. The van der Waals surface area contributed by atoms with Crippen LogP contribution in [0.15, 0.2) is 57.9 Å². The lowest BCUT2D eigenvalue weighted by Gasteiger charge is -2.14. The van der Waals surface area contributed by atoms with Gasteiger partial charge >= 0.3 is 0 Å². The van der Waals surface area contributed by atoms with Crippen molar-refractivity contribution >= 4 is 26.9 Å². The third kappa shape index (κ3) is 3.86. The highest BCUT2D eigenvalue weighted by atomic mass is 32.2. The number of hydrogen-bond acceptors (Lipinski definition) is 5. The van der Waals surface area contributed by atoms with E-state index in [0.29, 0.717) is 11.3 Å². The number of hydrogen-bond donors (Lipinski definition) is 2. The predicted octanol–water partition coefficient (Wildman–Crippen LogP) is 1.90. The normalized spacial score (nSPS) is 12.9. The van der Waals surface area contributed by atoms with Crippen molar-refractivity contribution in [3.8, 4) is 0 Å². The van der Waals surface area contributed by atoms with Crippen LogP contribution in [0.2, 0.25) is 0 Å². The number of carbonyl (C=O) groups excluding carboxylic acids is 1. The number of para-hydroxylation sites is 1. The smallest absolute Gasteiger partial charge is 0.238 e. The van der Waals surface area contributed by atoms with Gasteiger partial charge in [0, 0.05) is 5.39 Å². The quantitative estimate of drug-likeness (QED) is 0.722. The molecule has 130 valence electrons. The van der Waals surface area contributed by atoms with Gasteiger partial charge in [-0.15, -0.1) is 0 Å². The minimum Gasteiger partial charge on any atom is -0.356 e. The van der Waals surface area contributed by atoms with Crippen molar-refractivity contribution in [2.45, 2.75) is 24.3 Å². The molecule has 7 nitrogen and oxygen atoms in total. The Balaban J connectivity index is 1.68. The highest BCUT2D eigenvalue weighted by Crippen LogP contribution is 2.19. The molecule has 0 spiro atoms. The van der Waals surface area contributed by atoms with E-state index < -0.39 is 10.0 Å². The van der Waals surface area contributed by atoms with E-state index in [0.717, 1.165) is 10.9 Å². The van der Waals surface area contributed by atoms with Gasteiger partial charge in [0.2, 0.25) is 15.9 Å². The van der Waals surface area contributed by atoms with Gasteiger partial charge in [0.1, 0.15) is 5.69 Å². The highest BCUT2D eigenvalue weighted by molar-refractivity contribution is 7.89. The number of nitrogens with zero attached hydrogens (tertiary/aromatic N) is 1. The van der Waals surface area contributed by atoms with Gasteiger partial charge in [0.05, 0.1) is 17.4 Å². The topological polar surface area (TPSA) is 115 Å². The summed E-state index contributed by atoms with van der Waals surface area (Å²) in [5.74, 6) is -0.206.